The van der Waals surface area contributed by atoms with Crippen molar-refractivity contribution in [3.63, 3.8) is 0 Å². The van der Waals surface area contributed by atoms with Gasteiger partial charge in [0, 0.05) is 6.42 Å². The average Bonchev–Trinajstić information content (AvgIpc) is 3.12. The molecule has 0 heterocycles. The molecule has 7 atom stereocenters. The second kappa shape index (κ2) is 13.1. The molecule has 2 saturated carbocycles. The zero-order chi connectivity index (χ0) is 30.0. The first kappa shape index (κ1) is 32.6. The summed E-state index contributed by atoms with van der Waals surface area (Å²) in [5, 5.41) is 20.9. The Morgan fingerprint density at radius 3 is 2.39 bits per heavy atom. The molecule has 3 aliphatic carbocycles. The molecule has 1 aromatic rings. The highest BCUT2D eigenvalue weighted by molar-refractivity contribution is 7.91. The topological polar surface area (TPSA) is 63.5 Å². The first-order chi connectivity index (χ1) is 19.2. The van der Waals surface area contributed by atoms with Crippen LogP contribution in [0.15, 0.2) is 30.4 Å². The number of rotatable bonds is 13. The maximum Gasteiger partial charge on any atom is 0.453 e. The Balaban J connectivity index is 1.20. The van der Waals surface area contributed by atoms with Crippen molar-refractivity contribution in [1.82, 2.24) is 0 Å². The summed E-state index contributed by atoms with van der Waals surface area (Å²) in [6.07, 6.45) is 2.97. The van der Waals surface area contributed by atoms with Crippen LogP contribution >= 0.6 is 0 Å². The van der Waals surface area contributed by atoms with E-state index < -0.39 is 42.2 Å². The van der Waals surface area contributed by atoms with Gasteiger partial charge in [0.25, 0.3) is 0 Å². The van der Waals surface area contributed by atoms with Gasteiger partial charge in [-0.2, -0.15) is 22.0 Å². The molecule has 0 amide bonds. The van der Waals surface area contributed by atoms with Crippen LogP contribution in [-0.2, 0) is 17.6 Å². The molecule has 0 spiro atoms. The third-order valence-electron chi connectivity index (χ3n) is 10.4. The molecule has 2 N–H and O–H groups in total. The number of unbranched alkanes of at least 4 members (excludes halogenated alkanes) is 5. The van der Waals surface area contributed by atoms with Crippen molar-refractivity contribution in [2.24, 2.45) is 23.2 Å². The van der Waals surface area contributed by atoms with Crippen LogP contribution in [0.5, 0.6) is 5.75 Å². The average molecular weight is 605 g/mol. The Morgan fingerprint density at radius 1 is 1.02 bits per heavy atom. The third kappa shape index (κ3) is 7.26. The van der Waals surface area contributed by atoms with Crippen LogP contribution in [0.3, 0.4) is 0 Å². The van der Waals surface area contributed by atoms with Gasteiger partial charge in [0.05, 0.1) is 6.10 Å². The van der Waals surface area contributed by atoms with Crippen molar-refractivity contribution < 1.29 is 36.7 Å². The molecule has 2 fully saturated rings. The molecule has 4 unspecified atom stereocenters. The van der Waals surface area contributed by atoms with E-state index in [1.165, 1.54) is 11.1 Å². The zero-order valence-corrected chi connectivity index (χ0v) is 24.8. The molecule has 0 aromatic heterocycles. The second-order valence-electron chi connectivity index (χ2n) is 12.9. The molecule has 0 aliphatic heterocycles. The van der Waals surface area contributed by atoms with E-state index in [0.29, 0.717) is 41.6 Å². The molecular weight excluding hydrogens is 559 g/mol. The number of aromatic hydroxyl groups is 1. The summed E-state index contributed by atoms with van der Waals surface area (Å²) in [4.78, 5) is 0. The van der Waals surface area contributed by atoms with Crippen molar-refractivity contribution in [2.45, 2.75) is 115 Å². The van der Waals surface area contributed by atoms with Gasteiger partial charge in [-0.15, -0.1) is 0 Å². The fraction of sp³-hybridized carbons (Fsp3) is 0.750. The van der Waals surface area contributed by atoms with Gasteiger partial charge in [-0.3, -0.25) is 0 Å². The monoisotopic (exact) mass is 604 g/mol. The molecule has 0 radical (unpaired) electrons. The van der Waals surface area contributed by atoms with E-state index in [9.17, 15) is 36.7 Å². The van der Waals surface area contributed by atoms with Gasteiger partial charge in [0.1, 0.15) is 17.3 Å². The van der Waals surface area contributed by atoms with Gasteiger partial charge in [0.15, 0.2) is 0 Å². The van der Waals surface area contributed by atoms with Gasteiger partial charge >= 0.3 is 12.1 Å². The van der Waals surface area contributed by atoms with Crippen molar-refractivity contribution in [3.05, 3.63) is 41.5 Å². The Labute approximate surface area is 244 Å². The lowest BCUT2D eigenvalue weighted by molar-refractivity contribution is -0.284. The minimum absolute atomic E-state index is 0.0213. The van der Waals surface area contributed by atoms with Crippen LogP contribution in [-0.4, -0.2) is 44.5 Å². The van der Waals surface area contributed by atoms with Gasteiger partial charge in [-0.25, -0.2) is 0 Å². The van der Waals surface area contributed by atoms with Gasteiger partial charge in [0.2, 0.25) is 0 Å². The quantitative estimate of drug-likeness (QED) is 0.103. The molecule has 1 aromatic carbocycles. The highest BCUT2D eigenvalue weighted by Gasteiger charge is 2.57. The van der Waals surface area contributed by atoms with E-state index in [1.54, 1.807) is 6.07 Å². The molecule has 232 valence electrons. The fourth-order valence-corrected chi connectivity index (χ4v) is 9.25. The van der Waals surface area contributed by atoms with E-state index in [4.69, 9.17) is 0 Å². The van der Waals surface area contributed by atoms with Crippen LogP contribution in [0.4, 0.5) is 22.0 Å². The van der Waals surface area contributed by atoms with Crippen LogP contribution in [0.2, 0.25) is 0 Å². The summed E-state index contributed by atoms with van der Waals surface area (Å²) in [5.41, 5.74) is 3.60. The van der Waals surface area contributed by atoms with E-state index >= 15 is 0 Å². The minimum Gasteiger partial charge on any atom is -0.616 e. The molecule has 0 bridgehead atoms. The van der Waals surface area contributed by atoms with Gasteiger partial charge in [-0.1, -0.05) is 56.4 Å². The molecule has 3 nitrogen and oxygen atoms in total. The van der Waals surface area contributed by atoms with Crippen molar-refractivity contribution in [1.29, 1.82) is 0 Å². The highest BCUT2D eigenvalue weighted by atomic mass is 32.2. The Morgan fingerprint density at radius 2 is 1.68 bits per heavy atom. The smallest absolute Gasteiger partial charge is 0.453 e. The van der Waals surface area contributed by atoms with Crippen molar-refractivity contribution in [3.8, 4) is 5.75 Å². The number of benzene rings is 1. The highest BCUT2D eigenvalue weighted by Crippen LogP contribution is 2.64. The van der Waals surface area contributed by atoms with Crippen LogP contribution in [0, 0.1) is 23.2 Å². The number of alkyl halides is 5. The Kier molecular flexibility index (Phi) is 10.4. The van der Waals surface area contributed by atoms with Gasteiger partial charge in [-0.05, 0) is 109 Å². The van der Waals surface area contributed by atoms with Crippen molar-refractivity contribution in [2.75, 3.05) is 11.5 Å². The first-order valence-electron chi connectivity index (χ1n) is 15.2. The molecule has 4 rings (SSSR count). The number of aliphatic hydroxyl groups excluding tert-OH is 1. The Hall–Kier alpha value is -1.32. The predicted octanol–water partition coefficient (Wildman–Crippen LogP) is 8.46. The molecule has 3 aliphatic rings. The van der Waals surface area contributed by atoms with Crippen LogP contribution < -0.4 is 0 Å². The number of hydrogen-bond donors (Lipinski definition) is 2. The normalized spacial score (nSPS) is 30.5. The lowest BCUT2D eigenvalue weighted by Crippen LogP contribution is -2.44. The van der Waals surface area contributed by atoms with E-state index in [2.05, 4.69) is 19.6 Å². The molecule has 41 heavy (non-hydrogen) atoms. The van der Waals surface area contributed by atoms with Crippen LogP contribution in [0.1, 0.15) is 101 Å². The molecular formula is C32H45F5O3S. The lowest BCUT2D eigenvalue weighted by atomic mass is 9.52. The maximum absolute atomic E-state index is 13.0. The number of halogens is 5. The SMILES string of the molecule is C=C1[C@H](O)CC2C3C(CC[C@]12C)c1ccc(O)cc1C[C@H]3CCCCCCCC[S+]([O-])CCCC(F)(F)C(F)(F)F. The summed E-state index contributed by atoms with van der Waals surface area (Å²) >= 11 is -1.37. The van der Waals surface area contributed by atoms with E-state index in [1.807, 2.05) is 6.07 Å². The number of phenols is 1. The minimum atomic E-state index is -5.55. The standard InChI is InChI=1S/C32H45F5O3S/c1-21-28(39)20-27-29-22(18-23-19-24(38)11-12-25(23)26(29)13-15-30(21,27)2)10-7-5-3-4-6-8-16-41(40)17-9-14-31(33,34)32(35,36)37/h11-12,19,22,26-29,38-39H,1,3-10,13-18,20H2,2H3/t22-,26?,27?,28-,29?,30-,41?/m1/s1. The zero-order valence-electron chi connectivity index (χ0n) is 24.0. The van der Waals surface area contributed by atoms with Crippen molar-refractivity contribution >= 4 is 11.2 Å². The predicted molar refractivity (Wildman–Crippen MR) is 153 cm³/mol. The van der Waals surface area contributed by atoms with E-state index in [0.717, 1.165) is 69.8 Å². The fourth-order valence-electron chi connectivity index (χ4n) is 8.06. The summed E-state index contributed by atoms with van der Waals surface area (Å²) in [6, 6.07) is 5.83. The summed E-state index contributed by atoms with van der Waals surface area (Å²) in [7, 11) is 0. The van der Waals surface area contributed by atoms with Crippen LogP contribution in [0.25, 0.3) is 0 Å². The lowest BCUT2D eigenvalue weighted by Gasteiger charge is -2.52. The number of fused-ring (bicyclic) bond motifs is 5. The van der Waals surface area contributed by atoms with E-state index in [-0.39, 0.29) is 11.2 Å². The molecule has 0 saturated heterocycles. The van der Waals surface area contributed by atoms with Gasteiger partial charge < -0.3 is 14.8 Å². The summed E-state index contributed by atoms with van der Waals surface area (Å²) in [6.45, 7) is 6.58. The maximum atomic E-state index is 13.0. The largest absolute Gasteiger partial charge is 0.616 e. The summed E-state index contributed by atoms with van der Waals surface area (Å²) in [5.74, 6) is -2.35. The number of hydrogen-bond acceptors (Lipinski definition) is 3. The molecule has 9 heteroatoms. The second-order valence-corrected chi connectivity index (χ2v) is 14.6. The Bertz CT molecular complexity index is 1050. The summed E-state index contributed by atoms with van der Waals surface area (Å²) < 4.78 is 74.7. The first-order valence-corrected chi connectivity index (χ1v) is 16.7. The third-order valence-corrected chi connectivity index (χ3v) is 11.9. The number of phenolic OH excluding ortho intramolecular Hbond substituents is 1. The number of aliphatic hydroxyl groups is 1.